The van der Waals surface area contributed by atoms with Gasteiger partial charge in [0.1, 0.15) is 0 Å². The van der Waals surface area contributed by atoms with Crippen molar-refractivity contribution in [2.75, 3.05) is 0 Å². The Kier molecular flexibility index (Phi) is 6.97. The molecule has 21 heavy (non-hydrogen) atoms. The topological polar surface area (TPSA) is 55.1 Å². The van der Waals surface area contributed by atoms with Crippen LogP contribution in [0.1, 0.15) is 58.8 Å². The third kappa shape index (κ3) is 6.24. The molecule has 0 radical (unpaired) electrons. The van der Waals surface area contributed by atoms with E-state index in [1.54, 1.807) is 6.92 Å². The zero-order valence-electron chi connectivity index (χ0n) is 12.9. The molecule has 1 aliphatic carbocycles. The number of carbonyl (C=O) groups excluding carboxylic acids is 1. The van der Waals surface area contributed by atoms with E-state index in [0.717, 1.165) is 19.3 Å². The number of rotatable bonds is 6. The smallest absolute Gasteiger partial charge is 0.353 e. The molecule has 3 nitrogen and oxygen atoms in total. The van der Waals surface area contributed by atoms with Crippen LogP contribution in [0.5, 0.6) is 0 Å². The predicted molar refractivity (Wildman–Crippen MR) is 76.6 cm³/mol. The Morgan fingerprint density at radius 2 is 1.86 bits per heavy atom. The maximum Gasteiger partial charge on any atom is 0.393 e. The van der Waals surface area contributed by atoms with Crippen LogP contribution >= 0.6 is 0 Å². The van der Waals surface area contributed by atoms with Crippen LogP contribution in [0.15, 0.2) is 0 Å². The molecule has 0 saturated heterocycles. The van der Waals surface area contributed by atoms with Gasteiger partial charge in [0.05, 0.1) is 5.92 Å². The van der Waals surface area contributed by atoms with Crippen molar-refractivity contribution in [1.82, 2.24) is 5.32 Å². The van der Waals surface area contributed by atoms with E-state index in [1.807, 2.05) is 6.92 Å². The maximum absolute atomic E-state index is 13.0. The molecule has 1 saturated carbocycles. The third-order valence-corrected chi connectivity index (χ3v) is 4.26. The first-order chi connectivity index (χ1) is 9.71. The number of carbonyl (C=O) groups is 1. The highest BCUT2D eigenvalue weighted by molar-refractivity contribution is 5.78. The molecule has 3 N–H and O–H groups in total. The molecule has 0 aromatic heterocycles. The van der Waals surface area contributed by atoms with E-state index in [4.69, 9.17) is 5.73 Å². The van der Waals surface area contributed by atoms with Gasteiger partial charge in [-0.25, -0.2) is 0 Å². The molecule has 0 bridgehead atoms. The van der Waals surface area contributed by atoms with Gasteiger partial charge in [-0.05, 0) is 32.6 Å². The van der Waals surface area contributed by atoms with Gasteiger partial charge in [0.15, 0.2) is 0 Å². The van der Waals surface area contributed by atoms with E-state index in [1.165, 1.54) is 0 Å². The second-order valence-corrected chi connectivity index (χ2v) is 6.36. The van der Waals surface area contributed by atoms with Crippen molar-refractivity contribution in [3.8, 4) is 0 Å². The molecule has 124 valence electrons. The van der Waals surface area contributed by atoms with Crippen LogP contribution in [0.2, 0.25) is 0 Å². The van der Waals surface area contributed by atoms with E-state index >= 15 is 0 Å². The molecule has 0 aromatic rings. The zero-order chi connectivity index (χ0) is 16.0. The Morgan fingerprint density at radius 3 is 2.43 bits per heavy atom. The minimum Gasteiger partial charge on any atom is -0.353 e. The van der Waals surface area contributed by atoms with Crippen LogP contribution in [0, 0.1) is 11.8 Å². The fourth-order valence-corrected chi connectivity index (χ4v) is 2.90. The van der Waals surface area contributed by atoms with Crippen molar-refractivity contribution in [2.24, 2.45) is 17.6 Å². The molecule has 4 unspecified atom stereocenters. The van der Waals surface area contributed by atoms with Crippen molar-refractivity contribution in [2.45, 2.75) is 77.1 Å². The van der Waals surface area contributed by atoms with Crippen LogP contribution < -0.4 is 11.1 Å². The summed E-state index contributed by atoms with van der Waals surface area (Å²) in [5.41, 5.74) is 5.64. The molecule has 0 spiro atoms. The summed E-state index contributed by atoms with van der Waals surface area (Å²) in [6.45, 7) is 3.67. The number of hydrogen-bond donors (Lipinski definition) is 2. The van der Waals surface area contributed by atoms with Gasteiger partial charge < -0.3 is 11.1 Å². The highest BCUT2D eigenvalue weighted by atomic mass is 19.4. The van der Waals surface area contributed by atoms with Crippen LogP contribution in [0.25, 0.3) is 0 Å². The average Bonchev–Trinajstić information content (AvgIpc) is 2.37. The monoisotopic (exact) mass is 308 g/mol. The van der Waals surface area contributed by atoms with Gasteiger partial charge in [-0.15, -0.1) is 0 Å². The number of nitrogens with one attached hydrogen (secondary N) is 1. The summed E-state index contributed by atoms with van der Waals surface area (Å²) in [6, 6.07) is -0.671. The fourth-order valence-electron chi connectivity index (χ4n) is 2.90. The van der Waals surface area contributed by atoms with Gasteiger partial charge in [-0.2, -0.15) is 13.2 Å². The molecule has 1 amide bonds. The summed E-state index contributed by atoms with van der Waals surface area (Å²) in [5, 5.41) is 2.62. The fraction of sp³-hybridized carbons (Fsp3) is 0.933. The molecular weight excluding hydrogens is 281 g/mol. The summed E-state index contributed by atoms with van der Waals surface area (Å²) < 4.78 is 38.9. The maximum atomic E-state index is 13.0. The molecule has 1 rings (SSSR count). The lowest BCUT2D eigenvalue weighted by molar-refractivity contribution is -0.189. The van der Waals surface area contributed by atoms with E-state index in [9.17, 15) is 18.0 Å². The summed E-state index contributed by atoms with van der Waals surface area (Å²) in [4.78, 5) is 12.0. The van der Waals surface area contributed by atoms with E-state index < -0.39 is 18.1 Å². The molecule has 6 heteroatoms. The Balaban J connectivity index is 2.47. The molecule has 4 atom stereocenters. The van der Waals surface area contributed by atoms with Crippen LogP contribution in [-0.4, -0.2) is 24.2 Å². The lowest BCUT2D eigenvalue weighted by atomic mass is 9.83. The first-order valence-corrected chi connectivity index (χ1v) is 7.84. The van der Waals surface area contributed by atoms with Crippen LogP contribution in [0.4, 0.5) is 13.2 Å². The highest BCUT2D eigenvalue weighted by Gasteiger charge is 2.46. The lowest BCUT2D eigenvalue weighted by Gasteiger charge is -2.34. The van der Waals surface area contributed by atoms with Crippen molar-refractivity contribution < 1.29 is 18.0 Å². The second-order valence-electron chi connectivity index (χ2n) is 6.36. The van der Waals surface area contributed by atoms with Gasteiger partial charge in [-0.3, -0.25) is 4.79 Å². The molecule has 1 fully saturated rings. The lowest BCUT2D eigenvalue weighted by Crippen LogP contribution is -2.49. The highest BCUT2D eigenvalue weighted by Crippen LogP contribution is 2.37. The van der Waals surface area contributed by atoms with E-state index in [-0.39, 0.29) is 24.3 Å². The zero-order valence-corrected chi connectivity index (χ0v) is 12.9. The van der Waals surface area contributed by atoms with Gasteiger partial charge in [0.2, 0.25) is 5.91 Å². The van der Waals surface area contributed by atoms with Crippen molar-refractivity contribution in [1.29, 1.82) is 0 Å². The second kappa shape index (κ2) is 8.01. The third-order valence-electron chi connectivity index (χ3n) is 4.26. The first-order valence-electron chi connectivity index (χ1n) is 7.84. The van der Waals surface area contributed by atoms with E-state index in [2.05, 4.69) is 5.32 Å². The standard InChI is InChI=1S/C15H27F3N2O/c1-10(6-5-7-11(2)19)14(21)20-13-9-4-3-8-12(13)15(16,17)18/h10-13H,3-9,19H2,1-2H3,(H,20,21). The number of hydrogen-bond acceptors (Lipinski definition) is 2. The van der Waals surface area contributed by atoms with E-state index in [0.29, 0.717) is 19.3 Å². The Labute approximate surface area is 124 Å². The molecule has 0 heterocycles. The number of halogens is 3. The Hall–Kier alpha value is -0.780. The predicted octanol–water partition coefficient (Wildman–Crippen LogP) is 3.38. The number of alkyl halides is 3. The molecule has 0 aliphatic heterocycles. The number of nitrogens with two attached hydrogens (primary N) is 1. The quantitative estimate of drug-likeness (QED) is 0.790. The van der Waals surface area contributed by atoms with Gasteiger partial charge in [0.25, 0.3) is 0 Å². The van der Waals surface area contributed by atoms with Crippen LogP contribution in [0.3, 0.4) is 0 Å². The molecular formula is C15H27F3N2O. The normalized spacial score (nSPS) is 26.2. The minimum absolute atomic E-state index is 0.0909. The largest absolute Gasteiger partial charge is 0.393 e. The first kappa shape index (κ1) is 18.3. The molecule has 0 aromatic carbocycles. The summed E-state index contributed by atoms with van der Waals surface area (Å²) in [7, 11) is 0. The Bertz CT molecular complexity index is 331. The van der Waals surface area contributed by atoms with Crippen molar-refractivity contribution in [3.05, 3.63) is 0 Å². The van der Waals surface area contributed by atoms with Crippen LogP contribution in [-0.2, 0) is 4.79 Å². The summed E-state index contributed by atoms with van der Waals surface area (Å²) in [5.74, 6) is -1.92. The number of amides is 1. The van der Waals surface area contributed by atoms with Crippen molar-refractivity contribution in [3.63, 3.8) is 0 Å². The SMILES string of the molecule is CC(N)CCCC(C)C(=O)NC1CCCCC1C(F)(F)F. The van der Waals surface area contributed by atoms with Gasteiger partial charge >= 0.3 is 6.18 Å². The van der Waals surface area contributed by atoms with Crippen molar-refractivity contribution >= 4 is 5.91 Å². The summed E-state index contributed by atoms with van der Waals surface area (Å²) >= 11 is 0. The minimum atomic E-state index is -4.23. The summed E-state index contributed by atoms with van der Waals surface area (Å²) in [6.07, 6.45) is -0.0493. The molecule has 1 aliphatic rings. The van der Waals surface area contributed by atoms with Gasteiger partial charge in [0, 0.05) is 18.0 Å². The average molecular weight is 308 g/mol. The Morgan fingerprint density at radius 1 is 1.24 bits per heavy atom. The van der Waals surface area contributed by atoms with Gasteiger partial charge in [-0.1, -0.05) is 26.2 Å².